The van der Waals surface area contributed by atoms with E-state index in [9.17, 15) is 9.18 Å². The molecule has 35 heavy (non-hydrogen) atoms. The van der Waals surface area contributed by atoms with Gasteiger partial charge in [-0.05, 0) is 61.6 Å². The van der Waals surface area contributed by atoms with Gasteiger partial charge in [0.1, 0.15) is 12.1 Å². The van der Waals surface area contributed by atoms with Gasteiger partial charge in [0.05, 0.1) is 17.2 Å². The molecule has 180 valence electrons. The van der Waals surface area contributed by atoms with Crippen molar-refractivity contribution in [2.75, 3.05) is 42.6 Å². The first-order valence-electron chi connectivity index (χ1n) is 12.4. The first-order valence-corrected chi connectivity index (χ1v) is 12.4. The summed E-state index contributed by atoms with van der Waals surface area (Å²) in [6.45, 7) is 6.52. The van der Waals surface area contributed by atoms with Crippen molar-refractivity contribution in [3.05, 3.63) is 65.1 Å². The average molecular weight is 473 g/mol. The van der Waals surface area contributed by atoms with Gasteiger partial charge in [0, 0.05) is 55.6 Å². The Morgan fingerprint density at radius 1 is 1.09 bits per heavy atom. The fourth-order valence-corrected chi connectivity index (χ4v) is 5.73. The minimum absolute atomic E-state index is 0.0568. The summed E-state index contributed by atoms with van der Waals surface area (Å²) >= 11 is 0. The van der Waals surface area contributed by atoms with Gasteiger partial charge in [0.2, 0.25) is 0 Å². The topological polar surface area (TPSA) is 64.4 Å². The quantitative estimate of drug-likeness (QED) is 0.523. The van der Waals surface area contributed by atoms with Crippen LogP contribution in [0.3, 0.4) is 0 Å². The molecule has 3 aromatic rings. The summed E-state index contributed by atoms with van der Waals surface area (Å²) in [5.74, 6) is -0.235. The number of piperazine rings is 1. The molecule has 0 radical (unpaired) electrons. The number of hydrogen-bond donors (Lipinski definition) is 0. The lowest BCUT2D eigenvalue weighted by atomic mass is 9.90. The van der Waals surface area contributed by atoms with E-state index in [1.54, 1.807) is 6.07 Å². The second-order valence-corrected chi connectivity index (χ2v) is 9.72. The zero-order chi connectivity index (χ0) is 23.9. The summed E-state index contributed by atoms with van der Waals surface area (Å²) < 4.78 is 14.3. The third-order valence-corrected chi connectivity index (χ3v) is 7.61. The Kier molecular flexibility index (Phi) is 5.68. The van der Waals surface area contributed by atoms with Crippen molar-refractivity contribution < 1.29 is 9.18 Å². The number of anilines is 2. The van der Waals surface area contributed by atoms with Crippen LogP contribution in [-0.2, 0) is 17.6 Å². The van der Waals surface area contributed by atoms with E-state index in [0.717, 1.165) is 86.2 Å². The van der Waals surface area contributed by atoms with E-state index in [0.29, 0.717) is 0 Å². The standard InChI is InChI=1S/C27H29FN6O/c1-18-5-6-22-23(29-18)15-20(28)16-27(22)33-13-11-32(12-14-33)10-9-19-3-2-4-25-21(19)7-8-26-24(17-35)30-31-34(25)26/h2-6,15-17,24,26H,7-14H2,1H3. The van der Waals surface area contributed by atoms with Gasteiger partial charge in [-0.3, -0.25) is 9.88 Å². The molecule has 1 fully saturated rings. The fraction of sp³-hybridized carbons (Fsp3) is 0.407. The van der Waals surface area contributed by atoms with Gasteiger partial charge in [0.15, 0.2) is 6.04 Å². The number of aromatic nitrogens is 1. The molecule has 7 nitrogen and oxygen atoms in total. The summed E-state index contributed by atoms with van der Waals surface area (Å²) in [5.41, 5.74) is 6.34. The van der Waals surface area contributed by atoms with Crippen LogP contribution in [0.25, 0.3) is 10.9 Å². The first kappa shape index (κ1) is 22.1. The Hall–Kier alpha value is -3.39. The highest BCUT2D eigenvalue weighted by atomic mass is 19.1. The lowest BCUT2D eigenvalue weighted by Gasteiger charge is -2.37. The van der Waals surface area contributed by atoms with Crippen molar-refractivity contribution in [2.24, 2.45) is 10.3 Å². The summed E-state index contributed by atoms with van der Waals surface area (Å²) in [6, 6.07) is 13.3. The van der Waals surface area contributed by atoms with Gasteiger partial charge in [-0.25, -0.2) is 9.40 Å². The van der Waals surface area contributed by atoms with Gasteiger partial charge in [-0.1, -0.05) is 17.4 Å². The van der Waals surface area contributed by atoms with Crippen molar-refractivity contribution >= 4 is 28.6 Å². The smallest absolute Gasteiger partial charge is 0.150 e. The van der Waals surface area contributed by atoms with Crippen LogP contribution in [0.4, 0.5) is 15.8 Å². The third-order valence-electron chi connectivity index (χ3n) is 7.61. The number of benzene rings is 2. The van der Waals surface area contributed by atoms with Crippen molar-refractivity contribution in [3.63, 3.8) is 0 Å². The van der Waals surface area contributed by atoms with Gasteiger partial charge in [-0.2, -0.15) is 5.11 Å². The highest BCUT2D eigenvalue weighted by molar-refractivity contribution is 5.92. The summed E-state index contributed by atoms with van der Waals surface area (Å²) in [7, 11) is 0. The molecule has 1 saturated heterocycles. The minimum Gasteiger partial charge on any atom is -0.368 e. The molecule has 8 heteroatoms. The van der Waals surface area contributed by atoms with Crippen molar-refractivity contribution in [2.45, 2.75) is 38.3 Å². The Morgan fingerprint density at radius 2 is 1.94 bits per heavy atom. The molecule has 0 bridgehead atoms. The predicted octanol–water partition coefficient (Wildman–Crippen LogP) is 4.12. The highest BCUT2D eigenvalue weighted by Crippen LogP contribution is 2.38. The average Bonchev–Trinajstić information content (AvgIpc) is 3.31. The van der Waals surface area contributed by atoms with Gasteiger partial charge >= 0.3 is 0 Å². The summed E-state index contributed by atoms with van der Waals surface area (Å²) in [6.07, 6.45) is 3.74. The first-order chi connectivity index (χ1) is 17.1. The SMILES string of the molecule is Cc1ccc2c(N3CCN(CCc4cccc5c4CCC4C(C=O)N=NN54)CC3)cc(F)cc2n1. The molecule has 0 amide bonds. The molecule has 0 aliphatic carbocycles. The molecule has 3 aliphatic heterocycles. The highest BCUT2D eigenvalue weighted by Gasteiger charge is 2.37. The lowest BCUT2D eigenvalue weighted by molar-refractivity contribution is -0.109. The largest absolute Gasteiger partial charge is 0.368 e. The Bertz CT molecular complexity index is 1300. The number of carbonyl (C=O) groups is 1. The van der Waals surface area contributed by atoms with E-state index >= 15 is 0 Å². The zero-order valence-electron chi connectivity index (χ0n) is 19.9. The normalized spacial score (nSPS) is 21.9. The molecule has 3 aliphatic rings. The minimum atomic E-state index is -0.349. The molecule has 0 N–H and O–H groups in total. The van der Waals surface area contributed by atoms with E-state index in [1.807, 2.05) is 18.0 Å². The van der Waals surface area contributed by atoms with Crippen LogP contribution in [0.5, 0.6) is 0 Å². The van der Waals surface area contributed by atoms with E-state index in [1.165, 1.54) is 17.2 Å². The monoisotopic (exact) mass is 472 g/mol. The number of aldehydes is 1. The zero-order valence-corrected chi connectivity index (χ0v) is 19.9. The molecule has 2 unspecified atom stereocenters. The van der Waals surface area contributed by atoms with Crippen LogP contribution in [0.15, 0.2) is 52.8 Å². The Morgan fingerprint density at radius 3 is 2.77 bits per heavy atom. The maximum atomic E-state index is 14.3. The maximum absolute atomic E-state index is 14.3. The van der Waals surface area contributed by atoms with Crippen molar-refractivity contribution in [3.8, 4) is 0 Å². The number of fused-ring (bicyclic) bond motifs is 4. The number of aryl methyl sites for hydroxylation is 1. The molecule has 1 aromatic heterocycles. The van der Waals surface area contributed by atoms with Crippen molar-refractivity contribution in [1.29, 1.82) is 0 Å². The number of hydrogen-bond acceptors (Lipinski definition) is 7. The van der Waals surface area contributed by atoms with Crippen LogP contribution in [0.2, 0.25) is 0 Å². The number of rotatable bonds is 5. The van der Waals surface area contributed by atoms with Crippen LogP contribution in [0, 0.1) is 12.7 Å². The molecule has 6 rings (SSSR count). The van der Waals surface area contributed by atoms with Gasteiger partial charge < -0.3 is 9.69 Å². The Labute approximate surface area is 204 Å². The predicted molar refractivity (Wildman–Crippen MR) is 135 cm³/mol. The van der Waals surface area contributed by atoms with Crippen LogP contribution in [-0.4, -0.2) is 61.0 Å². The van der Waals surface area contributed by atoms with Gasteiger partial charge in [0.25, 0.3) is 0 Å². The molecular weight excluding hydrogens is 443 g/mol. The van der Waals surface area contributed by atoms with E-state index in [4.69, 9.17) is 0 Å². The molecule has 0 saturated carbocycles. The van der Waals surface area contributed by atoms with Crippen LogP contribution < -0.4 is 9.91 Å². The summed E-state index contributed by atoms with van der Waals surface area (Å²) in [4.78, 5) is 20.6. The lowest BCUT2D eigenvalue weighted by Crippen LogP contribution is -2.47. The molecule has 4 heterocycles. The van der Waals surface area contributed by atoms with E-state index < -0.39 is 0 Å². The van der Waals surface area contributed by atoms with Gasteiger partial charge in [-0.15, -0.1) is 0 Å². The molecular formula is C27H29FN6O. The molecule has 2 aromatic carbocycles. The van der Waals surface area contributed by atoms with Crippen molar-refractivity contribution in [1.82, 2.24) is 9.88 Å². The number of carbonyl (C=O) groups excluding carboxylic acids is 1. The fourth-order valence-electron chi connectivity index (χ4n) is 5.73. The summed E-state index contributed by atoms with van der Waals surface area (Å²) in [5, 5.41) is 11.4. The molecule has 2 atom stereocenters. The van der Waals surface area contributed by atoms with E-state index in [-0.39, 0.29) is 17.9 Å². The molecule has 0 spiro atoms. The third kappa shape index (κ3) is 4.05. The number of pyridine rings is 1. The van der Waals surface area contributed by atoms with Crippen LogP contribution >= 0.6 is 0 Å². The van der Waals surface area contributed by atoms with E-state index in [2.05, 4.69) is 49.4 Å². The second kappa shape index (κ2) is 9.00. The number of halogens is 1. The number of nitrogens with zero attached hydrogens (tertiary/aromatic N) is 6. The maximum Gasteiger partial charge on any atom is 0.150 e. The Balaban J connectivity index is 1.12. The van der Waals surface area contributed by atoms with Crippen LogP contribution in [0.1, 0.15) is 23.2 Å². The second-order valence-electron chi connectivity index (χ2n) is 9.72.